The van der Waals surface area contributed by atoms with Crippen LogP contribution in [0, 0.1) is 0 Å². The largest absolute Gasteiger partial charge is 0.457 e. The number of hydrogen-bond donors (Lipinski definition) is 3. The highest BCUT2D eigenvalue weighted by Crippen LogP contribution is 2.37. The zero-order chi connectivity index (χ0) is 32.9. The Morgan fingerprint density at radius 3 is 1.93 bits per heavy atom. The molecule has 19 nitrogen and oxygen atoms in total. The number of carbonyl (C=O) groups excluding carboxylic acids is 5. The van der Waals surface area contributed by atoms with Crippen molar-refractivity contribution in [1.82, 2.24) is 9.55 Å². The van der Waals surface area contributed by atoms with Gasteiger partial charge >= 0.3 is 29.6 Å². The molecule has 0 radical (unpaired) electrons. The van der Waals surface area contributed by atoms with Gasteiger partial charge in [0.1, 0.15) is 18.3 Å². The monoisotopic (exact) mass is 631 g/mol. The van der Waals surface area contributed by atoms with E-state index < -0.39 is 109 Å². The molecule has 2 unspecified atom stereocenters. The molecule has 0 aliphatic carbocycles. The van der Waals surface area contributed by atoms with E-state index in [1.165, 1.54) is 7.11 Å². The molecule has 2 saturated heterocycles. The lowest BCUT2D eigenvalue weighted by molar-refractivity contribution is -0.320. The van der Waals surface area contributed by atoms with Crippen molar-refractivity contribution < 1.29 is 67.0 Å². The molecule has 0 aromatic carbocycles. The average Bonchev–Trinajstić information content (AvgIpc) is 3.25. The Bertz CT molecular complexity index is 1360. The number of aliphatic hydroxyl groups is 1. The van der Waals surface area contributed by atoms with Gasteiger partial charge in [-0.05, 0) is 0 Å². The molecule has 4 N–H and O–H groups in total. The molecule has 10 atom stereocenters. The van der Waals surface area contributed by atoms with Gasteiger partial charge in [0.2, 0.25) is 5.91 Å². The number of ether oxygens (including phenoxy) is 8. The molecule has 2 fully saturated rings. The summed E-state index contributed by atoms with van der Waals surface area (Å²) >= 11 is 0. The third-order valence-corrected chi connectivity index (χ3v) is 6.46. The molecular weight excluding hydrogens is 598 g/mol. The standard InChI is InChI=1S/C25H33N3O16/c1-9(30)38-15-13(8-29)42-24(21(41-12(4)33)16(15)39-10(2)31)44-19(22(26)35)17-18(40-11(3)32)20(37-5)23(43-17)28-7-6-14(34)27-25(28)36/h6-7,13,15-21,23-24,29H,8H2,1-5H3,(H2,26,35)(H,27,34,36)/t13-,15-,16+,17+,18?,19-,20?,21+,23-,24-/m1/s1. The summed E-state index contributed by atoms with van der Waals surface area (Å²) in [6, 6.07) is 1.01. The number of H-pyrrole nitrogens is 1. The first-order valence-electron chi connectivity index (χ1n) is 13.1. The lowest BCUT2D eigenvalue weighted by Gasteiger charge is -2.44. The molecule has 44 heavy (non-hydrogen) atoms. The Kier molecular flexibility index (Phi) is 11.3. The number of aliphatic hydroxyl groups excluding tert-OH is 1. The summed E-state index contributed by atoms with van der Waals surface area (Å²) < 4.78 is 45.0. The SMILES string of the molecule is COC1C(OC(C)=O)[C@@H]([C@@H](O[C@H]2O[C@H](CO)[C@@H](OC(C)=O)[C@H](OC(C)=O)[C@@H]2OC(C)=O)C(N)=O)O[C@H]1n1ccc(=O)[nH]c1=O. The van der Waals surface area contributed by atoms with Crippen molar-refractivity contribution >= 4 is 29.8 Å². The molecule has 1 aromatic heterocycles. The fourth-order valence-corrected chi connectivity index (χ4v) is 4.90. The van der Waals surface area contributed by atoms with Gasteiger partial charge in [-0.1, -0.05) is 0 Å². The second-order valence-electron chi connectivity index (χ2n) is 9.69. The molecule has 0 bridgehead atoms. The second kappa shape index (κ2) is 14.5. The second-order valence-corrected chi connectivity index (χ2v) is 9.69. The molecule has 0 spiro atoms. The van der Waals surface area contributed by atoms with Crippen LogP contribution >= 0.6 is 0 Å². The normalized spacial score (nSPS) is 30.5. The first-order chi connectivity index (χ1) is 20.7. The highest BCUT2D eigenvalue weighted by molar-refractivity contribution is 5.80. The predicted octanol–water partition coefficient (Wildman–Crippen LogP) is -3.24. The summed E-state index contributed by atoms with van der Waals surface area (Å²) in [5, 5.41) is 10.0. The smallest absolute Gasteiger partial charge is 0.330 e. The van der Waals surface area contributed by atoms with Crippen molar-refractivity contribution in [2.24, 2.45) is 5.73 Å². The summed E-state index contributed by atoms with van der Waals surface area (Å²) in [6.07, 6.45) is -14.7. The van der Waals surface area contributed by atoms with Gasteiger partial charge in [0.05, 0.1) is 6.61 Å². The number of primary amides is 1. The number of nitrogens with two attached hydrogens (primary N) is 1. The number of amides is 1. The van der Waals surface area contributed by atoms with Crippen LogP contribution in [0.25, 0.3) is 0 Å². The number of rotatable bonds is 11. The van der Waals surface area contributed by atoms with E-state index in [-0.39, 0.29) is 0 Å². The number of hydrogen-bond acceptors (Lipinski definition) is 16. The molecule has 3 heterocycles. The summed E-state index contributed by atoms with van der Waals surface area (Å²) in [6.45, 7) is 3.27. The van der Waals surface area contributed by atoms with E-state index in [9.17, 15) is 38.7 Å². The van der Waals surface area contributed by atoms with E-state index in [1.54, 1.807) is 0 Å². The Labute approximate surface area is 248 Å². The maximum absolute atomic E-state index is 12.8. The van der Waals surface area contributed by atoms with Gasteiger partial charge in [0.25, 0.3) is 5.56 Å². The van der Waals surface area contributed by atoms with Gasteiger partial charge in [-0.15, -0.1) is 0 Å². The molecule has 1 aromatic rings. The minimum absolute atomic E-state index is 0.719. The summed E-state index contributed by atoms with van der Waals surface area (Å²) in [5.41, 5.74) is 4.01. The number of aromatic nitrogens is 2. The molecule has 19 heteroatoms. The number of nitrogens with zero attached hydrogens (tertiary/aromatic N) is 1. The fourth-order valence-electron chi connectivity index (χ4n) is 4.90. The molecule has 3 rings (SSSR count). The predicted molar refractivity (Wildman–Crippen MR) is 138 cm³/mol. The average molecular weight is 632 g/mol. The molecule has 0 saturated carbocycles. The van der Waals surface area contributed by atoms with Crippen molar-refractivity contribution in [3.8, 4) is 0 Å². The van der Waals surface area contributed by atoms with Crippen molar-refractivity contribution in [1.29, 1.82) is 0 Å². The van der Waals surface area contributed by atoms with Gasteiger partial charge in [-0.25, -0.2) is 4.79 Å². The zero-order valence-electron chi connectivity index (χ0n) is 24.2. The van der Waals surface area contributed by atoms with Crippen LogP contribution in [0.5, 0.6) is 0 Å². The third-order valence-electron chi connectivity index (χ3n) is 6.46. The van der Waals surface area contributed by atoms with E-state index >= 15 is 0 Å². The minimum Gasteiger partial charge on any atom is -0.457 e. The van der Waals surface area contributed by atoms with E-state index in [2.05, 4.69) is 0 Å². The maximum Gasteiger partial charge on any atom is 0.330 e. The van der Waals surface area contributed by atoms with Crippen LogP contribution in [0.4, 0.5) is 0 Å². The molecular formula is C25H33N3O16. The van der Waals surface area contributed by atoms with Crippen molar-refractivity contribution in [3.05, 3.63) is 33.1 Å². The number of aromatic amines is 1. The topological polar surface area (TPSA) is 260 Å². The molecule has 1 amide bonds. The van der Waals surface area contributed by atoms with Crippen LogP contribution in [0.3, 0.4) is 0 Å². The fraction of sp³-hybridized carbons (Fsp3) is 0.640. The van der Waals surface area contributed by atoms with Crippen LogP contribution in [-0.2, 0) is 61.9 Å². The summed E-state index contributed by atoms with van der Waals surface area (Å²) in [5.74, 6) is -4.78. The van der Waals surface area contributed by atoms with Crippen LogP contribution in [-0.4, -0.2) is 113 Å². The van der Waals surface area contributed by atoms with E-state index in [1.807, 2.05) is 4.98 Å². The minimum atomic E-state index is -1.92. The van der Waals surface area contributed by atoms with Crippen LogP contribution in [0.2, 0.25) is 0 Å². The number of methoxy groups -OCH3 is 1. The highest BCUT2D eigenvalue weighted by atomic mass is 16.7. The number of carbonyl (C=O) groups is 5. The van der Waals surface area contributed by atoms with Crippen molar-refractivity contribution in [3.63, 3.8) is 0 Å². The lowest BCUT2D eigenvalue weighted by Crippen LogP contribution is -2.64. The van der Waals surface area contributed by atoms with E-state index in [0.29, 0.717) is 0 Å². The Hall–Kier alpha value is -4.17. The van der Waals surface area contributed by atoms with Crippen molar-refractivity contribution in [2.75, 3.05) is 13.7 Å². The van der Waals surface area contributed by atoms with Crippen LogP contribution in [0.1, 0.15) is 33.9 Å². The number of nitrogens with one attached hydrogen (secondary N) is 1. The van der Waals surface area contributed by atoms with Crippen molar-refractivity contribution in [2.45, 2.75) is 89.0 Å². The quantitative estimate of drug-likeness (QED) is 0.160. The number of esters is 4. The first kappa shape index (κ1) is 34.3. The zero-order valence-corrected chi connectivity index (χ0v) is 24.2. The maximum atomic E-state index is 12.8. The molecule has 2 aliphatic heterocycles. The van der Waals surface area contributed by atoms with Crippen LogP contribution in [0.15, 0.2) is 21.9 Å². The highest BCUT2D eigenvalue weighted by Gasteiger charge is 2.57. The molecule has 244 valence electrons. The third kappa shape index (κ3) is 7.85. The van der Waals surface area contributed by atoms with Gasteiger partial charge in [-0.2, -0.15) is 0 Å². The van der Waals surface area contributed by atoms with Gasteiger partial charge in [-0.3, -0.25) is 38.3 Å². The van der Waals surface area contributed by atoms with E-state index in [0.717, 1.165) is 44.5 Å². The Morgan fingerprint density at radius 1 is 0.886 bits per heavy atom. The van der Waals surface area contributed by atoms with Gasteiger partial charge in [0.15, 0.2) is 43.0 Å². The van der Waals surface area contributed by atoms with Crippen LogP contribution < -0.4 is 17.0 Å². The lowest BCUT2D eigenvalue weighted by atomic mass is 9.97. The summed E-state index contributed by atoms with van der Waals surface area (Å²) in [7, 11) is 1.20. The van der Waals surface area contributed by atoms with Gasteiger partial charge in [0, 0.05) is 47.1 Å². The first-order valence-corrected chi connectivity index (χ1v) is 13.1. The Morgan fingerprint density at radius 2 is 1.43 bits per heavy atom. The molecule has 2 aliphatic rings. The van der Waals surface area contributed by atoms with Gasteiger partial charge < -0.3 is 48.7 Å². The Balaban J connectivity index is 2.08. The van der Waals surface area contributed by atoms with E-state index in [4.69, 9.17) is 43.6 Å². The summed E-state index contributed by atoms with van der Waals surface area (Å²) in [4.78, 5) is 87.0.